The summed E-state index contributed by atoms with van der Waals surface area (Å²) in [6.07, 6.45) is 0. The van der Waals surface area contributed by atoms with Crippen LogP contribution in [-0.4, -0.2) is 23.0 Å². The molecule has 0 aliphatic carbocycles. The number of benzene rings is 1. The lowest BCUT2D eigenvalue weighted by molar-refractivity contribution is -0.136. The van der Waals surface area contributed by atoms with Crippen LogP contribution in [0.2, 0.25) is 0 Å². The van der Waals surface area contributed by atoms with E-state index in [0.29, 0.717) is 0 Å². The van der Waals surface area contributed by atoms with Crippen LogP contribution in [0.4, 0.5) is 0 Å². The van der Waals surface area contributed by atoms with Crippen molar-refractivity contribution in [2.75, 3.05) is 0 Å². The number of rotatable bonds is 4. The predicted octanol–water partition coefficient (Wildman–Crippen LogP) is 1.90. The van der Waals surface area contributed by atoms with Gasteiger partial charge in [-0.05, 0) is 17.7 Å². The van der Waals surface area contributed by atoms with E-state index in [-0.39, 0.29) is 17.1 Å². The maximum atomic E-state index is 11.0. The van der Waals surface area contributed by atoms with Crippen LogP contribution < -0.4 is 9.47 Å². The molecule has 102 valence electrons. The third-order valence-electron chi connectivity index (χ3n) is 1.98. The fourth-order valence-electron chi connectivity index (χ4n) is 1.30. The quantitative estimate of drug-likeness (QED) is 0.516. The molecule has 0 amide bonds. The Morgan fingerprint density at radius 3 is 2.11 bits per heavy atom. The molecule has 0 aliphatic heterocycles. The van der Waals surface area contributed by atoms with Gasteiger partial charge in [-0.3, -0.25) is 14.4 Å². The number of carboxylic acids is 1. The number of esters is 2. The summed E-state index contributed by atoms with van der Waals surface area (Å²) in [5.41, 5.74) is 0.210. The largest absolute Gasteiger partial charge is 0.480 e. The number of hydrogen-bond acceptors (Lipinski definition) is 5. The molecule has 1 atom stereocenters. The van der Waals surface area contributed by atoms with Crippen LogP contribution >= 0.6 is 11.6 Å². The minimum absolute atomic E-state index is 0.0145. The number of carbonyl (C=O) groups is 3. The van der Waals surface area contributed by atoms with Crippen molar-refractivity contribution in [3.05, 3.63) is 23.8 Å². The molecule has 0 fully saturated rings. The van der Waals surface area contributed by atoms with Crippen molar-refractivity contribution < 1.29 is 29.0 Å². The van der Waals surface area contributed by atoms with E-state index in [1.165, 1.54) is 32.0 Å². The summed E-state index contributed by atoms with van der Waals surface area (Å²) < 4.78 is 9.68. The van der Waals surface area contributed by atoms with E-state index >= 15 is 0 Å². The average Bonchev–Trinajstić information content (AvgIpc) is 2.29. The summed E-state index contributed by atoms with van der Waals surface area (Å²) in [5, 5.41) is 7.51. The lowest BCUT2D eigenvalue weighted by Crippen LogP contribution is -2.09. The Morgan fingerprint density at radius 2 is 1.63 bits per heavy atom. The van der Waals surface area contributed by atoms with Crippen molar-refractivity contribution in [2.24, 2.45) is 0 Å². The summed E-state index contributed by atoms with van der Waals surface area (Å²) in [6, 6.07) is 3.93. The van der Waals surface area contributed by atoms with E-state index in [2.05, 4.69) is 0 Å². The van der Waals surface area contributed by atoms with Crippen LogP contribution in [0.5, 0.6) is 11.5 Å². The Labute approximate surface area is 113 Å². The number of ether oxygens (including phenoxy) is 2. The van der Waals surface area contributed by atoms with Gasteiger partial charge in [-0.15, -0.1) is 11.6 Å². The van der Waals surface area contributed by atoms with Crippen LogP contribution in [-0.2, 0) is 14.4 Å². The summed E-state index contributed by atoms with van der Waals surface area (Å²) in [6.45, 7) is 2.35. The molecule has 7 heteroatoms. The van der Waals surface area contributed by atoms with E-state index in [1.807, 2.05) is 0 Å². The second-order valence-corrected chi connectivity index (χ2v) is 4.03. The second kappa shape index (κ2) is 6.19. The molecular weight excluding hydrogens is 276 g/mol. The van der Waals surface area contributed by atoms with Gasteiger partial charge < -0.3 is 14.6 Å². The SMILES string of the molecule is CC(=O)Oc1ccc(C(Cl)C(=O)O)cc1OC(C)=O. The number of alkyl halides is 1. The molecule has 0 saturated heterocycles. The van der Waals surface area contributed by atoms with E-state index in [1.54, 1.807) is 0 Å². The van der Waals surface area contributed by atoms with Crippen LogP contribution in [0.15, 0.2) is 18.2 Å². The lowest BCUT2D eigenvalue weighted by atomic mass is 10.1. The van der Waals surface area contributed by atoms with Gasteiger partial charge in [-0.25, -0.2) is 0 Å². The van der Waals surface area contributed by atoms with Gasteiger partial charge in [0.2, 0.25) is 0 Å². The molecule has 0 spiro atoms. The van der Waals surface area contributed by atoms with Gasteiger partial charge in [0, 0.05) is 13.8 Å². The van der Waals surface area contributed by atoms with Crippen LogP contribution in [0.25, 0.3) is 0 Å². The highest BCUT2D eigenvalue weighted by atomic mass is 35.5. The zero-order valence-corrected chi connectivity index (χ0v) is 10.9. The minimum atomic E-state index is -1.29. The highest BCUT2D eigenvalue weighted by Gasteiger charge is 2.19. The number of hydrogen-bond donors (Lipinski definition) is 1. The Balaban J connectivity index is 3.17. The van der Waals surface area contributed by atoms with Crippen molar-refractivity contribution in [3.63, 3.8) is 0 Å². The van der Waals surface area contributed by atoms with Gasteiger partial charge in [0.05, 0.1) is 0 Å². The molecule has 0 saturated carbocycles. The molecule has 1 aromatic carbocycles. The lowest BCUT2D eigenvalue weighted by Gasteiger charge is -2.11. The van der Waals surface area contributed by atoms with Gasteiger partial charge in [-0.2, -0.15) is 0 Å². The van der Waals surface area contributed by atoms with Crippen molar-refractivity contribution >= 4 is 29.5 Å². The highest BCUT2D eigenvalue weighted by Crippen LogP contribution is 2.33. The maximum Gasteiger partial charge on any atom is 0.326 e. The first kappa shape index (κ1) is 15.0. The number of aliphatic carboxylic acids is 1. The highest BCUT2D eigenvalue weighted by molar-refractivity contribution is 6.29. The van der Waals surface area contributed by atoms with Crippen molar-refractivity contribution in [3.8, 4) is 11.5 Å². The van der Waals surface area contributed by atoms with Gasteiger partial charge in [0.25, 0.3) is 0 Å². The fraction of sp³-hybridized carbons (Fsp3) is 0.250. The Morgan fingerprint density at radius 1 is 1.11 bits per heavy atom. The predicted molar refractivity (Wildman–Crippen MR) is 65.3 cm³/mol. The molecule has 1 N–H and O–H groups in total. The van der Waals surface area contributed by atoms with Gasteiger partial charge in [-0.1, -0.05) is 6.07 Å². The molecule has 0 bridgehead atoms. The van der Waals surface area contributed by atoms with Gasteiger partial charge in [0.1, 0.15) is 0 Å². The topological polar surface area (TPSA) is 89.9 Å². The zero-order valence-electron chi connectivity index (χ0n) is 10.2. The third-order valence-corrected chi connectivity index (χ3v) is 2.42. The minimum Gasteiger partial charge on any atom is -0.480 e. The second-order valence-electron chi connectivity index (χ2n) is 3.59. The molecule has 0 heterocycles. The van der Waals surface area contributed by atoms with Gasteiger partial charge >= 0.3 is 17.9 Å². The molecule has 1 aromatic rings. The van der Waals surface area contributed by atoms with E-state index in [9.17, 15) is 14.4 Å². The molecule has 1 rings (SSSR count). The first-order chi connectivity index (χ1) is 8.81. The van der Waals surface area contributed by atoms with Crippen molar-refractivity contribution in [1.29, 1.82) is 0 Å². The standard InChI is InChI=1S/C12H11ClO6/c1-6(14)18-9-4-3-8(11(13)12(16)17)5-10(9)19-7(2)15/h3-5,11H,1-2H3,(H,16,17). The monoisotopic (exact) mass is 286 g/mol. The Kier molecular flexibility index (Phi) is 4.88. The summed E-state index contributed by atoms with van der Waals surface area (Å²) in [7, 11) is 0. The normalized spacial score (nSPS) is 11.5. The van der Waals surface area contributed by atoms with Crippen LogP contribution in [0, 0.1) is 0 Å². The summed E-state index contributed by atoms with van der Waals surface area (Å²) in [5.74, 6) is -2.52. The van der Waals surface area contributed by atoms with Crippen molar-refractivity contribution in [1.82, 2.24) is 0 Å². The summed E-state index contributed by atoms with van der Waals surface area (Å²) >= 11 is 5.66. The molecule has 1 unspecified atom stereocenters. The first-order valence-corrected chi connectivity index (χ1v) is 5.62. The smallest absolute Gasteiger partial charge is 0.326 e. The Hall–Kier alpha value is -2.08. The number of carbonyl (C=O) groups excluding carboxylic acids is 2. The first-order valence-electron chi connectivity index (χ1n) is 5.19. The van der Waals surface area contributed by atoms with E-state index in [0.717, 1.165) is 0 Å². The summed E-state index contributed by atoms with van der Waals surface area (Å²) in [4.78, 5) is 32.6. The van der Waals surface area contributed by atoms with E-state index < -0.39 is 23.3 Å². The molecule has 0 radical (unpaired) electrons. The number of halogens is 1. The average molecular weight is 287 g/mol. The van der Waals surface area contributed by atoms with Crippen LogP contribution in [0.1, 0.15) is 24.8 Å². The van der Waals surface area contributed by atoms with Gasteiger partial charge in [0.15, 0.2) is 16.9 Å². The zero-order chi connectivity index (χ0) is 14.6. The maximum absolute atomic E-state index is 11.0. The molecule has 0 aliphatic rings. The van der Waals surface area contributed by atoms with E-state index in [4.69, 9.17) is 26.2 Å². The molecular formula is C12H11ClO6. The molecule has 0 aromatic heterocycles. The molecule has 19 heavy (non-hydrogen) atoms. The Bertz CT molecular complexity index is 525. The number of carboxylic acid groups (broad SMARTS) is 1. The van der Waals surface area contributed by atoms with Crippen molar-refractivity contribution in [2.45, 2.75) is 19.2 Å². The van der Waals surface area contributed by atoms with Crippen LogP contribution in [0.3, 0.4) is 0 Å². The molecule has 6 nitrogen and oxygen atoms in total. The fourth-order valence-corrected chi connectivity index (χ4v) is 1.43. The third kappa shape index (κ3) is 4.26.